The SMILES string of the molecule is CCS(=O)(=O)Nc1cc(COc2c(Br)cc(NC(=O)CC(=O)O)cc2Br)cc(C(F)(F)F)c1. The van der Waals surface area contributed by atoms with Gasteiger partial charge in [0.05, 0.1) is 20.3 Å². The van der Waals surface area contributed by atoms with Crippen LogP contribution in [-0.4, -0.2) is 31.2 Å². The van der Waals surface area contributed by atoms with Crippen molar-refractivity contribution in [1.82, 2.24) is 0 Å². The lowest BCUT2D eigenvalue weighted by Gasteiger charge is -2.16. The summed E-state index contributed by atoms with van der Waals surface area (Å²) in [6, 6.07) is 5.60. The normalized spacial score (nSPS) is 11.7. The second-order valence-corrected chi connectivity index (χ2v) is 10.3. The van der Waals surface area contributed by atoms with E-state index in [4.69, 9.17) is 9.84 Å². The Bertz CT molecular complexity index is 1150. The summed E-state index contributed by atoms with van der Waals surface area (Å²) in [6.07, 6.45) is -5.44. The Hall–Kier alpha value is -2.32. The van der Waals surface area contributed by atoms with Crippen molar-refractivity contribution in [2.45, 2.75) is 26.1 Å². The number of hydrogen-bond acceptors (Lipinski definition) is 5. The topological polar surface area (TPSA) is 122 Å². The molecule has 2 rings (SSSR count). The van der Waals surface area contributed by atoms with Crippen LogP contribution in [0, 0.1) is 0 Å². The number of anilines is 2. The Kier molecular flexibility index (Phi) is 8.76. The molecule has 0 saturated heterocycles. The van der Waals surface area contributed by atoms with Crippen LogP contribution in [0.1, 0.15) is 24.5 Å². The third-order valence-electron chi connectivity index (χ3n) is 3.95. The third-order valence-corrected chi connectivity index (χ3v) is 6.44. The lowest BCUT2D eigenvalue weighted by atomic mass is 10.1. The van der Waals surface area contributed by atoms with Crippen molar-refractivity contribution in [1.29, 1.82) is 0 Å². The molecule has 180 valence electrons. The number of benzene rings is 2. The maximum Gasteiger partial charge on any atom is 0.416 e. The summed E-state index contributed by atoms with van der Waals surface area (Å²) in [5.74, 6) is -2.17. The van der Waals surface area contributed by atoms with E-state index < -0.39 is 40.1 Å². The Morgan fingerprint density at radius 3 is 2.18 bits per heavy atom. The summed E-state index contributed by atoms with van der Waals surface area (Å²) >= 11 is 6.46. The predicted molar refractivity (Wildman–Crippen MR) is 122 cm³/mol. The molecule has 14 heteroatoms. The van der Waals surface area contributed by atoms with Gasteiger partial charge < -0.3 is 15.2 Å². The molecule has 0 saturated carbocycles. The zero-order valence-corrected chi connectivity index (χ0v) is 20.8. The molecule has 2 aromatic rings. The van der Waals surface area contributed by atoms with E-state index in [9.17, 15) is 31.2 Å². The van der Waals surface area contributed by atoms with E-state index >= 15 is 0 Å². The number of nitrogens with one attached hydrogen (secondary N) is 2. The number of carbonyl (C=O) groups excluding carboxylic acids is 1. The van der Waals surface area contributed by atoms with E-state index in [0.29, 0.717) is 15.0 Å². The summed E-state index contributed by atoms with van der Waals surface area (Å²) in [7, 11) is -3.80. The second kappa shape index (κ2) is 10.7. The summed E-state index contributed by atoms with van der Waals surface area (Å²) in [6.45, 7) is 1.01. The molecule has 0 aliphatic carbocycles. The number of hydrogen-bond donors (Lipinski definition) is 3. The van der Waals surface area contributed by atoms with E-state index in [1.165, 1.54) is 25.1 Å². The van der Waals surface area contributed by atoms with E-state index in [0.717, 1.165) is 6.07 Å². The van der Waals surface area contributed by atoms with Crippen molar-refractivity contribution in [2.24, 2.45) is 0 Å². The van der Waals surface area contributed by atoms with Crippen LogP contribution in [0.25, 0.3) is 0 Å². The number of alkyl halides is 3. The van der Waals surface area contributed by atoms with Crippen LogP contribution >= 0.6 is 31.9 Å². The van der Waals surface area contributed by atoms with Crippen molar-refractivity contribution in [3.63, 3.8) is 0 Å². The second-order valence-electron chi connectivity index (χ2n) is 6.60. The number of ether oxygens (including phenoxy) is 1. The zero-order chi connectivity index (χ0) is 25.0. The number of carbonyl (C=O) groups is 2. The van der Waals surface area contributed by atoms with Crippen molar-refractivity contribution < 1.29 is 41.0 Å². The molecule has 0 fully saturated rings. The third kappa shape index (κ3) is 8.19. The quantitative estimate of drug-likeness (QED) is 0.341. The molecule has 0 bridgehead atoms. The summed E-state index contributed by atoms with van der Waals surface area (Å²) in [4.78, 5) is 22.2. The lowest BCUT2D eigenvalue weighted by molar-refractivity contribution is -0.140. The number of amides is 1. The van der Waals surface area contributed by atoms with Crippen molar-refractivity contribution in [2.75, 3.05) is 15.8 Å². The van der Waals surface area contributed by atoms with E-state index in [1.54, 1.807) is 0 Å². The average molecular weight is 618 g/mol. The molecule has 0 aliphatic heterocycles. The Labute approximate surface area is 203 Å². The lowest BCUT2D eigenvalue weighted by Crippen LogP contribution is -2.16. The highest BCUT2D eigenvalue weighted by Crippen LogP contribution is 2.38. The van der Waals surface area contributed by atoms with Crippen LogP contribution in [-0.2, 0) is 32.4 Å². The van der Waals surface area contributed by atoms with Crippen molar-refractivity contribution in [3.8, 4) is 5.75 Å². The molecule has 33 heavy (non-hydrogen) atoms. The van der Waals surface area contributed by atoms with E-state index in [2.05, 4.69) is 41.9 Å². The maximum atomic E-state index is 13.3. The van der Waals surface area contributed by atoms with Crippen LogP contribution in [0.3, 0.4) is 0 Å². The Morgan fingerprint density at radius 1 is 1.06 bits per heavy atom. The Morgan fingerprint density at radius 2 is 1.67 bits per heavy atom. The van der Waals surface area contributed by atoms with Gasteiger partial charge >= 0.3 is 12.1 Å². The monoisotopic (exact) mass is 616 g/mol. The molecule has 3 N–H and O–H groups in total. The summed E-state index contributed by atoms with van der Waals surface area (Å²) < 4.78 is 71.7. The first-order valence-corrected chi connectivity index (χ1v) is 12.3. The Balaban J connectivity index is 2.27. The molecule has 0 heterocycles. The minimum atomic E-state index is -4.71. The molecular weight excluding hydrogens is 601 g/mol. The first-order chi connectivity index (χ1) is 15.2. The average Bonchev–Trinajstić information content (AvgIpc) is 2.65. The molecule has 0 radical (unpaired) electrons. The van der Waals surface area contributed by atoms with Gasteiger partial charge in [-0.15, -0.1) is 0 Å². The summed E-state index contributed by atoms with van der Waals surface area (Å²) in [5, 5.41) is 11.0. The minimum Gasteiger partial charge on any atom is -0.487 e. The molecular formula is C19H17Br2F3N2O6S. The largest absolute Gasteiger partial charge is 0.487 e. The highest BCUT2D eigenvalue weighted by molar-refractivity contribution is 9.11. The predicted octanol–water partition coefficient (Wildman–Crippen LogP) is 4.98. The maximum absolute atomic E-state index is 13.3. The van der Waals surface area contributed by atoms with Crippen LogP contribution in [0.4, 0.5) is 24.5 Å². The van der Waals surface area contributed by atoms with Gasteiger partial charge in [0.1, 0.15) is 18.8 Å². The fourth-order valence-corrected chi connectivity index (χ4v) is 4.55. The number of rotatable bonds is 9. The zero-order valence-electron chi connectivity index (χ0n) is 16.8. The van der Waals surface area contributed by atoms with Gasteiger partial charge in [0.2, 0.25) is 15.9 Å². The van der Waals surface area contributed by atoms with Crippen LogP contribution in [0.2, 0.25) is 0 Å². The van der Waals surface area contributed by atoms with Gasteiger partial charge in [-0.3, -0.25) is 14.3 Å². The van der Waals surface area contributed by atoms with Gasteiger partial charge in [0.15, 0.2) is 0 Å². The number of carboxylic acids is 1. The van der Waals surface area contributed by atoms with Crippen LogP contribution in [0.15, 0.2) is 39.3 Å². The molecule has 0 atom stereocenters. The number of carboxylic acid groups (broad SMARTS) is 1. The molecule has 0 spiro atoms. The number of aliphatic carboxylic acids is 1. The fourth-order valence-electron chi connectivity index (χ4n) is 2.52. The van der Waals surface area contributed by atoms with Crippen LogP contribution < -0.4 is 14.8 Å². The molecule has 0 unspecified atom stereocenters. The summed E-state index contributed by atoms with van der Waals surface area (Å²) in [5.41, 5.74) is -0.995. The van der Waals surface area contributed by atoms with Gasteiger partial charge in [-0.05, 0) is 74.7 Å². The van der Waals surface area contributed by atoms with E-state index in [1.807, 2.05) is 0 Å². The number of sulfonamides is 1. The number of halogens is 5. The highest BCUT2D eigenvalue weighted by Gasteiger charge is 2.31. The van der Waals surface area contributed by atoms with Gasteiger partial charge in [-0.2, -0.15) is 13.2 Å². The standard InChI is InChI=1S/C19H17Br2F3N2O6S/c1-2-33(30,31)26-13-4-10(3-11(5-13)19(22,23)24)9-32-18-14(20)6-12(7-15(18)21)25-16(27)8-17(28)29/h3-7,26H,2,8-9H2,1H3,(H,25,27)(H,28,29). The minimum absolute atomic E-state index is 0.0521. The van der Waals surface area contributed by atoms with Gasteiger partial charge in [-0.25, -0.2) is 8.42 Å². The van der Waals surface area contributed by atoms with E-state index in [-0.39, 0.29) is 35.0 Å². The molecule has 1 amide bonds. The molecule has 8 nitrogen and oxygen atoms in total. The fraction of sp³-hybridized carbons (Fsp3) is 0.263. The molecule has 2 aromatic carbocycles. The van der Waals surface area contributed by atoms with Crippen molar-refractivity contribution >= 4 is 65.1 Å². The molecule has 0 aromatic heterocycles. The van der Waals surface area contributed by atoms with Crippen molar-refractivity contribution in [3.05, 3.63) is 50.4 Å². The molecule has 0 aliphatic rings. The smallest absolute Gasteiger partial charge is 0.416 e. The van der Waals surface area contributed by atoms with Crippen LogP contribution in [0.5, 0.6) is 5.75 Å². The van der Waals surface area contributed by atoms with Gasteiger partial charge in [0, 0.05) is 11.4 Å². The first kappa shape index (κ1) is 26.9. The highest BCUT2D eigenvalue weighted by atomic mass is 79.9. The van der Waals surface area contributed by atoms with Gasteiger partial charge in [0.25, 0.3) is 0 Å². The van der Waals surface area contributed by atoms with Gasteiger partial charge in [-0.1, -0.05) is 0 Å². The first-order valence-electron chi connectivity index (χ1n) is 9.05.